The van der Waals surface area contributed by atoms with Gasteiger partial charge >= 0.3 is 0 Å². The van der Waals surface area contributed by atoms with Gasteiger partial charge in [0, 0.05) is 12.2 Å². The number of ether oxygens (including phenoxy) is 2. The van der Waals surface area contributed by atoms with Crippen LogP contribution in [0.4, 0.5) is 11.4 Å². The average molecular weight is 587 g/mol. The van der Waals surface area contributed by atoms with Gasteiger partial charge in [0.15, 0.2) is 5.11 Å². The van der Waals surface area contributed by atoms with Crippen LogP contribution in [0.3, 0.4) is 0 Å². The molecular weight excluding hydrogens is 548 g/mol. The number of hydrogen-bond donors (Lipinski definition) is 1. The maximum atomic E-state index is 13.7. The molecule has 1 N–H and O–H groups in total. The highest BCUT2D eigenvalue weighted by atomic mass is 35.5. The molecule has 2 heterocycles. The highest BCUT2D eigenvalue weighted by Crippen LogP contribution is 2.33. The van der Waals surface area contributed by atoms with Crippen molar-refractivity contribution in [3.8, 4) is 11.5 Å². The number of carbonyl (C=O) groups excluding carboxylic acids is 2. The molecule has 216 valence electrons. The quantitative estimate of drug-likeness (QED) is 0.325. The molecule has 40 heavy (non-hydrogen) atoms. The number of nitrogens with zero attached hydrogens (tertiary/aromatic N) is 3. The lowest BCUT2D eigenvalue weighted by Gasteiger charge is -2.31. The van der Waals surface area contributed by atoms with Gasteiger partial charge in [-0.25, -0.2) is 0 Å². The third-order valence-electron chi connectivity index (χ3n) is 7.45. The third kappa shape index (κ3) is 7.44. The summed E-state index contributed by atoms with van der Waals surface area (Å²) in [6.45, 7) is 8.68. The Morgan fingerprint density at radius 3 is 2.50 bits per heavy atom. The summed E-state index contributed by atoms with van der Waals surface area (Å²) in [5, 5.41) is 3.68. The normalized spacial score (nSPS) is 18.4. The SMILES string of the molecule is CCCOc1ccc(NC(=O)C[C@@H]2C(=O)N(c3ccc(OC)c(Cl)c3)C(=S)N2CCCN2CCC(C)CC2)cc1. The molecule has 10 heteroatoms. The zero-order valence-electron chi connectivity index (χ0n) is 23.5. The van der Waals surface area contributed by atoms with Gasteiger partial charge < -0.3 is 24.6 Å². The fraction of sp³-hybridized carbons (Fsp3) is 0.500. The van der Waals surface area contributed by atoms with Gasteiger partial charge in [-0.15, -0.1) is 0 Å². The van der Waals surface area contributed by atoms with Crippen molar-refractivity contribution in [3.63, 3.8) is 0 Å². The molecule has 8 nitrogen and oxygen atoms in total. The molecule has 0 unspecified atom stereocenters. The van der Waals surface area contributed by atoms with E-state index >= 15 is 0 Å². The average Bonchev–Trinajstić information content (AvgIpc) is 3.17. The Bertz CT molecular complexity index is 1190. The zero-order chi connectivity index (χ0) is 28.6. The fourth-order valence-electron chi connectivity index (χ4n) is 5.11. The van der Waals surface area contributed by atoms with Crippen LogP contribution in [0.25, 0.3) is 0 Å². The molecule has 2 fully saturated rings. The van der Waals surface area contributed by atoms with Crippen LogP contribution in [0, 0.1) is 5.92 Å². The summed E-state index contributed by atoms with van der Waals surface area (Å²) < 4.78 is 10.9. The second-order valence-corrected chi connectivity index (χ2v) is 11.3. The van der Waals surface area contributed by atoms with Crippen LogP contribution in [-0.2, 0) is 9.59 Å². The van der Waals surface area contributed by atoms with Crippen LogP contribution in [0.1, 0.15) is 46.0 Å². The molecule has 1 atom stereocenters. The molecule has 0 saturated carbocycles. The maximum absolute atomic E-state index is 13.7. The molecule has 2 amide bonds. The number of halogens is 1. The van der Waals surface area contributed by atoms with Crippen LogP contribution in [-0.4, -0.2) is 72.7 Å². The van der Waals surface area contributed by atoms with Gasteiger partial charge in [0.05, 0.1) is 30.8 Å². The van der Waals surface area contributed by atoms with Crippen LogP contribution >= 0.6 is 23.8 Å². The molecular formula is C30H39ClN4O4S. The molecule has 2 saturated heterocycles. The van der Waals surface area contributed by atoms with Crippen molar-refractivity contribution in [1.82, 2.24) is 9.80 Å². The van der Waals surface area contributed by atoms with Crippen molar-refractivity contribution >= 4 is 52.1 Å². The number of anilines is 2. The van der Waals surface area contributed by atoms with Gasteiger partial charge in [-0.3, -0.25) is 14.5 Å². The van der Waals surface area contributed by atoms with E-state index in [9.17, 15) is 9.59 Å². The van der Waals surface area contributed by atoms with Crippen molar-refractivity contribution in [2.24, 2.45) is 5.92 Å². The lowest BCUT2D eigenvalue weighted by molar-refractivity contribution is -0.124. The molecule has 0 aliphatic carbocycles. The van der Waals surface area contributed by atoms with Crippen molar-refractivity contribution in [2.45, 2.75) is 52.0 Å². The first-order valence-corrected chi connectivity index (χ1v) is 14.8. The van der Waals surface area contributed by atoms with Crippen LogP contribution < -0.4 is 19.7 Å². The zero-order valence-corrected chi connectivity index (χ0v) is 25.1. The molecule has 2 aromatic carbocycles. The second kappa shape index (κ2) is 14.1. The van der Waals surface area contributed by atoms with E-state index in [4.69, 9.17) is 33.3 Å². The van der Waals surface area contributed by atoms with Crippen molar-refractivity contribution < 1.29 is 19.1 Å². The molecule has 2 aromatic rings. The number of carbonyl (C=O) groups is 2. The summed E-state index contributed by atoms with van der Waals surface area (Å²) >= 11 is 12.2. The highest BCUT2D eigenvalue weighted by Gasteiger charge is 2.44. The molecule has 0 spiro atoms. The number of thiocarbonyl (C=S) groups is 1. The van der Waals surface area contributed by atoms with Crippen molar-refractivity contribution in [2.75, 3.05) is 50.1 Å². The van der Waals surface area contributed by atoms with Gasteiger partial charge in [0.1, 0.15) is 17.5 Å². The number of rotatable bonds is 12. The van der Waals surface area contributed by atoms with E-state index in [-0.39, 0.29) is 18.2 Å². The molecule has 0 radical (unpaired) electrons. The molecule has 4 rings (SSSR count). The molecule has 2 aliphatic rings. The largest absolute Gasteiger partial charge is 0.495 e. The Labute approximate surface area is 247 Å². The summed E-state index contributed by atoms with van der Waals surface area (Å²) in [6, 6.07) is 11.7. The van der Waals surface area contributed by atoms with Crippen LogP contribution in [0.2, 0.25) is 5.02 Å². The predicted octanol–water partition coefficient (Wildman–Crippen LogP) is 5.59. The van der Waals surface area contributed by atoms with E-state index in [1.165, 1.54) is 24.9 Å². The number of hydrogen-bond acceptors (Lipinski definition) is 6. The predicted molar refractivity (Wildman–Crippen MR) is 164 cm³/mol. The summed E-state index contributed by atoms with van der Waals surface area (Å²) in [5.74, 6) is 1.54. The minimum atomic E-state index is -0.707. The molecule has 0 bridgehead atoms. The van der Waals surface area contributed by atoms with Crippen molar-refractivity contribution in [1.29, 1.82) is 0 Å². The summed E-state index contributed by atoms with van der Waals surface area (Å²) in [6.07, 6.45) is 4.16. The first-order valence-electron chi connectivity index (χ1n) is 14.0. The van der Waals surface area contributed by atoms with E-state index in [0.29, 0.717) is 40.4 Å². The number of benzene rings is 2. The van der Waals surface area contributed by atoms with Crippen molar-refractivity contribution in [3.05, 3.63) is 47.5 Å². The molecule has 2 aliphatic heterocycles. The van der Waals surface area contributed by atoms with E-state index in [0.717, 1.165) is 44.1 Å². The topological polar surface area (TPSA) is 74.3 Å². The monoisotopic (exact) mass is 586 g/mol. The van der Waals surface area contributed by atoms with E-state index in [1.54, 1.807) is 30.3 Å². The number of nitrogens with one attached hydrogen (secondary N) is 1. The lowest BCUT2D eigenvalue weighted by atomic mass is 9.99. The Balaban J connectivity index is 1.46. The van der Waals surface area contributed by atoms with Gasteiger partial charge in [0.2, 0.25) is 5.91 Å². The van der Waals surface area contributed by atoms with E-state index in [2.05, 4.69) is 17.1 Å². The summed E-state index contributed by atoms with van der Waals surface area (Å²) in [4.78, 5) is 32.7. The Morgan fingerprint density at radius 2 is 1.85 bits per heavy atom. The number of piperidine rings is 1. The number of likely N-dealkylation sites (tertiary alicyclic amines) is 1. The standard InChI is InChI=1S/C30H39ClN4O4S/c1-4-18-39-24-9-6-22(7-10-24)32-28(36)20-26-29(37)35(23-8-11-27(38-3)25(31)19-23)30(40)34(26)15-5-14-33-16-12-21(2)13-17-33/h6-11,19,21,26H,4-5,12-18,20H2,1-3H3,(H,32,36)/t26-/m1/s1. The Hall–Kier alpha value is -2.88. The molecule has 0 aromatic heterocycles. The second-order valence-electron chi connectivity index (χ2n) is 10.5. The lowest BCUT2D eigenvalue weighted by Crippen LogP contribution is -2.40. The van der Waals surface area contributed by atoms with E-state index < -0.39 is 6.04 Å². The van der Waals surface area contributed by atoms with Crippen LogP contribution in [0.15, 0.2) is 42.5 Å². The van der Waals surface area contributed by atoms with Gasteiger partial charge in [-0.05, 0) is 106 Å². The van der Waals surface area contributed by atoms with Gasteiger partial charge in [-0.2, -0.15) is 0 Å². The first kappa shape index (κ1) is 30.1. The fourth-order valence-corrected chi connectivity index (χ4v) is 5.78. The minimum absolute atomic E-state index is 0.0192. The Morgan fingerprint density at radius 1 is 1.12 bits per heavy atom. The minimum Gasteiger partial charge on any atom is -0.495 e. The van der Waals surface area contributed by atoms with Gasteiger partial charge in [-0.1, -0.05) is 25.4 Å². The number of amides is 2. The summed E-state index contributed by atoms with van der Waals surface area (Å²) in [7, 11) is 1.54. The number of methoxy groups -OCH3 is 1. The Kier molecular flexibility index (Phi) is 10.6. The first-order chi connectivity index (χ1) is 19.3. The van der Waals surface area contributed by atoms with Crippen LogP contribution in [0.5, 0.6) is 11.5 Å². The van der Waals surface area contributed by atoms with Gasteiger partial charge in [0.25, 0.3) is 5.91 Å². The smallest absolute Gasteiger partial charge is 0.256 e. The summed E-state index contributed by atoms with van der Waals surface area (Å²) in [5.41, 5.74) is 1.20. The van der Waals surface area contributed by atoms with E-state index in [1.807, 2.05) is 24.0 Å². The third-order valence-corrected chi connectivity index (χ3v) is 8.16. The maximum Gasteiger partial charge on any atom is 0.256 e. The highest BCUT2D eigenvalue weighted by molar-refractivity contribution is 7.80.